The SMILES string of the molecule is CC(C)(C)OC(=O)N(Cc1ccccc1)[C@@H](CC1CCCCC1)[C@H](O)c1nccs1. The third-order valence-electron chi connectivity index (χ3n) is 5.59. The summed E-state index contributed by atoms with van der Waals surface area (Å²) in [6, 6.07) is 9.53. The lowest BCUT2D eigenvalue weighted by Gasteiger charge is -2.38. The van der Waals surface area contributed by atoms with Crippen molar-refractivity contribution in [3.05, 3.63) is 52.5 Å². The Hall–Kier alpha value is -1.92. The highest BCUT2D eigenvalue weighted by molar-refractivity contribution is 7.09. The van der Waals surface area contributed by atoms with Gasteiger partial charge < -0.3 is 9.84 Å². The van der Waals surface area contributed by atoms with Crippen LogP contribution >= 0.6 is 11.3 Å². The zero-order valence-corrected chi connectivity index (χ0v) is 19.1. The first-order chi connectivity index (χ1) is 14.3. The van der Waals surface area contributed by atoms with Gasteiger partial charge in [0.1, 0.15) is 16.7 Å². The first kappa shape index (κ1) is 22.8. The van der Waals surface area contributed by atoms with E-state index >= 15 is 0 Å². The van der Waals surface area contributed by atoms with E-state index in [0.717, 1.165) is 24.8 Å². The van der Waals surface area contributed by atoms with Crippen LogP contribution in [0.3, 0.4) is 0 Å². The van der Waals surface area contributed by atoms with Crippen LogP contribution in [0, 0.1) is 5.92 Å². The van der Waals surface area contributed by atoms with Gasteiger partial charge in [0.25, 0.3) is 0 Å². The summed E-state index contributed by atoms with van der Waals surface area (Å²) in [5.41, 5.74) is 0.413. The van der Waals surface area contributed by atoms with Gasteiger partial charge in [-0.05, 0) is 38.7 Å². The molecule has 2 atom stereocenters. The van der Waals surface area contributed by atoms with E-state index in [0.29, 0.717) is 17.5 Å². The van der Waals surface area contributed by atoms with E-state index in [1.165, 1.54) is 30.6 Å². The smallest absolute Gasteiger partial charge is 0.410 e. The lowest BCUT2D eigenvalue weighted by atomic mass is 9.83. The van der Waals surface area contributed by atoms with Crippen LogP contribution in [0.15, 0.2) is 41.9 Å². The van der Waals surface area contributed by atoms with Gasteiger partial charge in [-0.3, -0.25) is 4.90 Å². The Morgan fingerprint density at radius 2 is 1.93 bits per heavy atom. The molecule has 164 valence electrons. The molecule has 1 aliphatic rings. The summed E-state index contributed by atoms with van der Waals surface area (Å²) in [5.74, 6) is 0.499. The van der Waals surface area contributed by atoms with Gasteiger partial charge >= 0.3 is 6.09 Å². The van der Waals surface area contributed by atoms with Crippen molar-refractivity contribution < 1.29 is 14.6 Å². The fourth-order valence-electron chi connectivity index (χ4n) is 4.15. The number of hydrogen-bond donors (Lipinski definition) is 1. The number of nitrogens with zero attached hydrogens (tertiary/aromatic N) is 2. The number of benzene rings is 1. The fraction of sp³-hybridized carbons (Fsp3) is 0.583. The summed E-state index contributed by atoms with van der Waals surface area (Å²) in [4.78, 5) is 19.4. The molecule has 6 heteroatoms. The number of carbonyl (C=O) groups is 1. The Morgan fingerprint density at radius 3 is 2.53 bits per heavy atom. The molecular weight excluding hydrogens is 396 g/mol. The first-order valence-corrected chi connectivity index (χ1v) is 11.8. The summed E-state index contributed by atoms with van der Waals surface area (Å²) in [6.07, 6.45) is 7.25. The molecule has 0 bridgehead atoms. The van der Waals surface area contributed by atoms with Gasteiger partial charge in [0.05, 0.1) is 6.04 Å². The van der Waals surface area contributed by atoms with Crippen molar-refractivity contribution in [2.75, 3.05) is 0 Å². The number of amides is 1. The molecular formula is C24H34N2O3S. The van der Waals surface area contributed by atoms with E-state index in [2.05, 4.69) is 4.98 Å². The molecule has 3 rings (SSSR count). The molecule has 2 aromatic rings. The summed E-state index contributed by atoms with van der Waals surface area (Å²) in [7, 11) is 0. The number of thiazole rings is 1. The lowest BCUT2D eigenvalue weighted by Crippen LogP contribution is -2.46. The van der Waals surface area contributed by atoms with Gasteiger partial charge in [-0.2, -0.15) is 0 Å². The Bertz CT molecular complexity index is 768. The summed E-state index contributed by atoms with van der Waals surface area (Å²) in [5, 5.41) is 13.8. The second-order valence-electron chi connectivity index (χ2n) is 9.22. The fourth-order valence-corrected chi connectivity index (χ4v) is 4.83. The highest BCUT2D eigenvalue weighted by Gasteiger charge is 2.36. The van der Waals surface area contributed by atoms with E-state index in [-0.39, 0.29) is 12.1 Å². The molecule has 1 heterocycles. The maximum atomic E-state index is 13.3. The third kappa shape index (κ3) is 6.54. The van der Waals surface area contributed by atoms with Gasteiger partial charge in [0.15, 0.2) is 0 Å². The third-order valence-corrected chi connectivity index (χ3v) is 6.44. The minimum Gasteiger partial charge on any atom is -0.444 e. The average Bonchev–Trinajstić information content (AvgIpc) is 3.25. The van der Waals surface area contributed by atoms with E-state index < -0.39 is 11.7 Å². The number of aromatic nitrogens is 1. The van der Waals surface area contributed by atoms with Gasteiger partial charge in [0.2, 0.25) is 0 Å². The van der Waals surface area contributed by atoms with Crippen molar-refractivity contribution in [1.82, 2.24) is 9.88 Å². The Morgan fingerprint density at radius 1 is 1.23 bits per heavy atom. The van der Waals surface area contributed by atoms with Crippen molar-refractivity contribution in [2.45, 2.75) is 83.6 Å². The molecule has 1 amide bonds. The van der Waals surface area contributed by atoms with Crippen LogP contribution in [0.1, 0.15) is 76.0 Å². The minimum atomic E-state index is -0.830. The number of carbonyl (C=O) groups excluding carboxylic acids is 1. The predicted molar refractivity (Wildman–Crippen MR) is 120 cm³/mol. The molecule has 0 saturated heterocycles. The molecule has 0 aliphatic heterocycles. The van der Waals surface area contributed by atoms with Crippen LogP contribution in [0.25, 0.3) is 0 Å². The molecule has 1 saturated carbocycles. The number of hydrogen-bond acceptors (Lipinski definition) is 5. The Labute approximate surface area is 184 Å². The zero-order valence-electron chi connectivity index (χ0n) is 18.3. The van der Waals surface area contributed by atoms with Gasteiger partial charge in [-0.15, -0.1) is 11.3 Å². The molecule has 0 radical (unpaired) electrons. The second-order valence-corrected chi connectivity index (χ2v) is 10.1. The highest BCUT2D eigenvalue weighted by Crippen LogP contribution is 2.35. The standard InChI is InChI=1S/C24H34N2O3S/c1-24(2,3)29-23(28)26(17-19-12-8-5-9-13-19)20(16-18-10-6-4-7-11-18)21(27)22-25-14-15-30-22/h5,8-9,12-15,18,20-21,27H,4,6-7,10-11,16-17H2,1-3H3/t20-,21-/m0/s1. The van der Waals surface area contributed by atoms with Crippen molar-refractivity contribution >= 4 is 17.4 Å². The molecule has 0 unspecified atom stereocenters. The maximum absolute atomic E-state index is 13.3. The number of aliphatic hydroxyl groups is 1. The molecule has 30 heavy (non-hydrogen) atoms. The molecule has 1 N–H and O–H groups in total. The molecule has 5 nitrogen and oxygen atoms in total. The number of aliphatic hydroxyl groups excluding tert-OH is 1. The predicted octanol–water partition coefficient (Wildman–Crippen LogP) is 5.95. The summed E-state index contributed by atoms with van der Waals surface area (Å²) < 4.78 is 5.77. The largest absolute Gasteiger partial charge is 0.444 e. The molecule has 1 fully saturated rings. The number of ether oxygens (including phenoxy) is 1. The lowest BCUT2D eigenvalue weighted by molar-refractivity contribution is -0.0161. The highest BCUT2D eigenvalue weighted by atomic mass is 32.1. The van der Waals surface area contributed by atoms with Crippen molar-refractivity contribution in [1.29, 1.82) is 0 Å². The first-order valence-electron chi connectivity index (χ1n) is 10.9. The van der Waals surface area contributed by atoms with Crippen LogP contribution < -0.4 is 0 Å². The van der Waals surface area contributed by atoms with Crippen LogP contribution in [0.2, 0.25) is 0 Å². The van der Waals surface area contributed by atoms with E-state index in [1.54, 1.807) is 11.1 Å². The van der Waals surface area contributed by atoms with E-state index in [4.69, 9.17) is 4.74 Å². The minimum absolute atomic E-state index is 0.380. The van der Waals surface area contributed by atoms with E-state index in [9.17, 15) is 9.90 Å². The maximum Gasteiger partial charge on any atom is 0.410 e. The van der Waals surface area contributed by atoms with Crippen LogP contribution in [-0.4, -0.2) is 32.7 Å². The average molecular weight is 431 g/mol. The van der Waals surface area contributed by atoms with Crippen molar-refractivity contribution in [2.24, 2.45) is 5.92 Å². The van der Waals surface area contributed by atoms with Crippen LogP contribution in [0.4, 0.5) is 4.79 Å². The molecule has 1 aromatic carbocycles. The van der Waals surface area contributed by atoms with Crippen molar-refractivity contribution in [3.63, 3.8) is 0 Å². The van der Waals surface area contributed by atoms with Gasteiger partial charge in [-0.1, -0.05) is 62.4 Å². The molecule has 1 aromatic heterocycles. The number of rotatable bonds is 7. The van der Waals surface area contributed by atoms with Gasteiger partial charge in [-0.25, -0.2) is 9.78 Å². The van der Waals surface area contributed by atoms with Crippen molar-refractivity contribution in [3.8, 4) is 0 Å². The Kier molecular flexibility index (Phi) is 7.89. The monoisotopic (exact) mass is 430 g/mol. The molecule has 0 spiro atoms. The van der Waals surface area contributed by atoms with Gasteiger partial charge in [0, 0.05) is 18.1 Å². The van der Waals surface area contributed by atoms with Crippen LogP contribution in [-0.2, 0) is 11.3 Å². The Balaban J connectivity index is 1.91. The van der Waals surface area contributed by atoms with Crippen LogP contribution in [0.5, 0.6) is 0 Å². The topological polar surface area (TPSA) is 62.7 Å². The summed E-state index contributed by atoms with van der Waals surface area (Å²) in [6.45, 7) is 6.02. The zero-order chi connectivity index (χ0) is 21.6. The quantitative estimate of drug-likeness (QED) is 0.589. The second kappa shape index (κ2) is 10.4. The van der Waals surface area contributed by atoms with E-state index in [1.807, 2.05) is 56.5 Å². The normalized spacial score (nSPS) is 17.3. The molecule has 1 aliphatic carbocycles. The summed E-state index contributed by atoms with van der Waals surface area (Å²) >= 11 is 1.43.